The minimum atomic E-state index is -0.414. The lowest BCUT2D eigenvalue weighted by atomic mass is 10.2. The zero-order chi connectivity index (χ0) is 17.4. The fourth-order valence-corrected chi connectivity index (χ4v) is 2.91. The molecule has 0 aliphatic rings. The van der Waals surface area contributed by atoms with Crippen LogP contribution in [0.4, 0.5) is 5.69 Å². The molecule has 7 heteroatoms. The highest BCUT2D eigenvalue weighted by Gasteiger charge is 2.13. The standard InChI is InChI=1S/C18H13ClN4O2/c19-13-5-3-12(4-6-13)11-22-9-1-2-17(22)18-20-15-8-7-14(23(24)25)10-16(15)21-18/h1-10H,11H2,(H,20,21). The predicted octanol–water partition coefficient (Wildman–Crippen LogP) is 4.64. The zero-order valence-electron chi connectivity index (χ0n) is 13.0. The molecule has 4 rings (SSSR count). The van der Waals surface area contributed by atoms with Crippen LogP contribution >= 0.6 is 11.6 Å². The number of H-pyrrole nitrogens is 1. The summed E-state index contributed by atoms with van der Waals surface area (Å²) in [5.74, 6) is 0.675. The van der Waals surface area contributed by atoms with Crippen molar-refractivity contribution in [1.29, 1.82) is 0 Å². The second-order valence-electron chi connectivity index (χ2n) is 5.69. The van der Waals surface area contributed by atoms with Gasteiger partial charge in [0, 0.05) is 29.9 Å². The third-order valence-corrected chi connectivity index (χ3v) is 4.27. The molecule has 2 heterocycles. The van der Waals surface area contributed by atoms with E-state index in [1.54, 1.807) is 6.07 Å². The van der Waals surface area contributed by atoms with Crippen LogP contribution < -0.4 is 0 Å². The molecule has 1 N–H and O–H groups in total. The van der Waals surface area contributed by atoms with E-state index in [-0.39, 0.29) is 5.69 Å². The monoisotopic (exact) mass is 352 g/mol. The maximum Gasteiger partial charge on any atom is 0.271 e. The molecule has 25 heavy (non-hydrogen) atoms. The number of halogens is 1. The lowest BCUT2D eigenvalue weighted by Gasteiger charge is -2.07. The number of benzene rings is 2. The number of aromatic nitrogens is 3. The van der Waals surface area contributed by atoms with Crippen molar-refractivity contribution in [3.8, 4) is 11.5 Å². The van der Waals surface area contributed by atoms with E-state index >= 15 is 0 Å². The summed E-state index contributed by atoms with van der Waals surface area (Å²) < 4.78 is 2.06. The molecule has 0 radical (unpaired) electrons. The number of nitro groups is 1. The summed E-state index contributed by atoms with van der Waals surface area (Å²) in [6.07, 6.45) is 1.97. The van der Waals surface area contributed by atoms with Crippen LogP contribution in [0, 0.1) is 10.1 Å². The summed E-state index contributed by atoms with van der Waals surface area (Å²) in [7, 11) is 0. The maximum atomic E-state index is 10.9. The Morgan fingerprint density at radius 2 is 1.96 bits per heavy atom. The largest absolute Gasteiger partial charge is 0.341 e. The molecule has 2 aromatic carbocycles. The number of nitrogens with one attached hydrogen (secondary N) is 1. The highest BCUT2D eigenvalue weighted by Crippen LogP contribution is 2.25. The van der Waals surface area contributed by atoms with Crippen LogP contribution in [0.1, 0.15) is 5.56 Å². The molecular weight excluding hydrogens is 340 g/mol. The SMILES string of the molecule is O=[N+]([O-])c1ccc2nc(-c3cccn3Cc3ccc(Cl)cc3)[nH]c2c1. The molecule has 0 fully saturated rings. The molecule has 0 saturated heterocycles. The first-order chi connectivity index (χ1) is 12.1. The fourth-order valence-electron chi connectivity index (χ4n) is 2.79. The molecule has 0 amide bonds. The summed E-state index contributed by atoms with van der Waals surface area (Å²) in [6.45, 7) is 0.677. The minimum Gasteiger partial charge on any atom is -0.341 e. The molecule has 0 saturated carbocycles. The number of rotatable bonds is 4. The third kappa shape index (κ3) is 2.99. The number of fused-ring (bicyclic) bond motifs is 1. The maximum absolute atomic E-state index is 10.9. The Morgan fingerprint density at radius 1 is 1.16 bits per heavy atom. The van der Waals surface area contributed by atoms with Gasteiger partial charge in [-0.1, -0.05) is 23.7 Å². The summed E-state index contributed by atoms with van der Waals surface area (Å²) in [5.41, 5.74) is 3.41. The van der Waals surface area contributed by atoms with Crippen molar-refractivity contribution in [2.24, 2.45) is 0 Å². The van der Waals surface area contributed by atoms with Crippen molar-refractivity contribution in [1.82, 2.24) is 14.5 Å². The molecule has 124 valence electrons. The molecule has 0 unspecified atom stereocenters. The van der Waals surface area contributed by atoms with Crippen LogP contribution in [-0.4, -0.2) is 19.5 Å². The Bertz CT molecular complexity index is 1070. The summed E-state index contributed by atoms with van der Waals surface area (Å²) in [5, 5.41) is 11.6. The Morgan fingerprint density at radius 3 is 2.72 bits per heavy atom. The molecule has 6 nitrogen and oxygen atoms in total. The van der Waals surface area contributed by atoms with Gasteiger partial charge in [-0.2, -0.15) is 0 Å². The van der Waals surface area contributed by atoms with Crippen molar-refractivity contribution < 1.29 is 4.92 Å². The van der Waals surface area contributed by atoms with E-state index in [1.165, 1.54) is 12.1 Å². The van der Waals surface area contributed by atoms with Gasteiger partial charge < -0.3 is 9.55 Å². The van der Waals surface area contributed by atoms with Crippen LogP contribution in [0.5, 0.6) is 0 Å². The summed E-state index contributed by atoms with van der Waals surface area (Å²) in [6, 6.07) is 16.2. The van der Waals surface area contributed by atoms with E-state index in [4.69, 9.17) is 11.6 Å². The number of nitro benzene ring substituents is 1. The van der Waals surface area contributed by atoms with Gasteiger partial charge in [0.25, 0.3) is 5.69 Å². The van der Waals surface area contributed by atoms with Crippen molar-refractivity contribution in [3.63, 3.8) is 0 Å². The van der Waals surface area contributed by atoms with Crippen LogP contribution in [0.2, 0.25) is 5.02 Å². The Hall–Kier alpha value is -3.12. The second-order valence-corrected chi connectivity index (χ2v) is 6.13. The smallest absolute Gasteiger partial charge is 0.271 e. The van der Waals surface area contributed by atoms with E-state index < -0.39 is 4.92 Å². The molecule has 0 bridgehead atoms. The molecule has 0 spiro atoms. The van der Waals surface area contributed by atoms with E-state index in [2.05, 4.69) is 14.5 Å². The highest BCUT2D eigenvalue weighted by atomic mass is 35.5. The number of imidazole rings is 1. The molecule has 0 atom stereocenters. The van der Waals surface area contributed by atoms with Gasteiger partial charge in [0.2, 0.25) is 0 Å². The van der Waals surface area contributed by atoms with Crippen LogP contribution in [0.15, 0.2) is 60.8 Å². The van der Waals surface area contributed by atoms with E-state index in [0.29, 0.717) is 28.4 Å². The lowest BCUT2D eigenvalue weighted by Crippen LogP contribution is -2.00. The van der Waals surface area contributed by atoms with Gasteiger partial charge in [0.1, 0.15) is 0 Å². The third-order valence-electron chi connectivity index (χ3n) is 4.01. The van der Waals surface area contributed by atoms with Crippen molar-refractivity contribution in [2.45, 2.75) is 6.54 Å². The van der Waals surface area contributed by atoms with Gasteiger partial charge in [-0.15, -0.1) is 0 Å². The fraction of sp³-hybridized carbons (Fsp3) is 0.0556. The van der Waals surface area contributed by atoms with E-state index in [0.717, 1.165) is 11.3 Å². The zero-order valence-corrected chi connectivity index (χ0v) is 13.8. The Labute approximate surface area is 147 Å². The minimum absolute atomic E-state index is 0.0410. The molecule has 0 aliphatic heterocycles. The van der Waals surface area contributed by atoms with Crippen LogP contribution in [0.3, 0.4) is 0 Å². The topological polar surface area (TPSA) is 76.8 Å². The van der Waals surface area contributed by atoms with Crippen molar-refractivity contribution in [2.75, 3.05) is 0 Å². The van der Waals surface area contributed by atoms with E-state index in [9.17, 15) is 10.1 Å². The number of non-ortho nitro benzene ring substituents is 1. The van der Waals surface area contributed by atoms with Gasteiger partial charge in [-0.3, -0.25) is 10.1 Å². The Balaban J connectivity index is 1.70. The van der Waals surface area contributed by atoms with Crippen molar-refractivity contribution in [3.05, 3.63) is 81.5 Å². The summed E-state index contributed by atoms with van der Waals surface area (Å²) in [4.78, 5) is 18.2. The average molecular weight is 353 g/mol. The number of aromatic amines is 1. The first-order valence-corrected chi connectivity index (χ1v) is 8.02. The summed E-state index contributed by atoms with van der Waals surface area (Å²) >= 11 is 5.93. The van der Waals surface area contributed by atoms with Crippen LogP contribution in [0.25, 0.3) is 22.6 Å². The normalized spacial score (nSPS) is 11.1. The Kier molecular flexibility index (Phi) is 3.74. The number of hydrogen-bond acceptors (Lipinski definition) is 3. The highest BCUT2D eigenvalue weighted by molar-refractivity contribution is 6.30. The van der Waals surface area contributed by atoms with Crippen LogP contribution in [-0.2, 0) is 6.54 Å². The quantitative estimate of drug-likeness (QED) is 0.429. The lowest BCUT2D eigenvalue weighted by molar-refractivity contribution is -0.384. The van der Waals surface area contributed by atoms with E-state index in [1.807, 2.05) is 42.6 Å². The van der Waals surface area contributed by atoms with Crippen molar-refractivity contribution >= 4 is 28.3 Å². The van der Waals surface area contributed by atoms with Gasteiger partial charge in [-0.25, -0.2) is 4.98 Å². The van der Waals surface area contributed by atoms with Gasteiger partial charge in [0.05, 0.1) is 21.7 Å². The first-order valence-electron chi connectivity index (χ1n) is 7.64. The molecular formula is C18H13ClN4O2. The van der Waals surface area contributed by atoms with Gasteiger partial charge in [0.15, 0.2) is 5.82 Å². The molecule has 2 aromatic heterocycles. The predicted molar refractivity (Wildman–Crippen MR) is 96.7 cm³/mol. The second kappa shape index (κ2) is 6.07. The van der Waals surface area contributed by atoms with Gasteiger partial charge in [-0.05, 0) is 35.9 Å². The first kappa shape index (κ1) is 15.4. The average Bonchev–Trinajstić information content (AvgIpc) is 3.22. The molecule has 4 aromatic rings. The number of nitrogens with zero attached hydrogens (tertiary/aromatic N) is 3. The number of hydrogen-bond donors (Lipinski definition) is 1. The van der Waals surface area contributed by atoms with Gasteiger partial charge >= 0.3 is 0 Å². The molecule has 0 aliphatic carbocycles.